The molecule has 0 bridgehead atoms. The van der Waals surface area contributed by atoms with Gasteiger partial charge in [0.15, 0.2) is 11.5 Å². The molecule has 0 amide bonds. The molecule has 0 aromatic heterocycles. The van der Waals surface area contributed by atoms with Crippen molar-refractivity contribution in [3.05, 3.63) is 59.2 Å². The Hall–Kier alpha value is -2.91. The molecule has 0 aliphatic heterocycles. The van der Waals surface area contributed by atoms with Gasteiger partial charge in [0.1, 0.15) is 5.75 Å². The zero-order valence-corrected chi connectivity index (χ0v) is 20.8. The molecular formula is C28H32F3NO5. The van der Waals surface area contributed by atoms with Gasteiger partial charge in [-0.3, -0.25) is 10.3 Å². The summed E-state index contributed by atoms with van der Waals surface area (Å²) in [5.74, 6) is 0.834. The summed E-state index contributed by atoms with van der Waals surface area (Å²) in [5.41, 5.74) is 5.89. The van der Waals surface area contributed by atoms with Gasteiger partial charge in [0.25, 0.3) is 0 Å². The van der Waals surface area contributed by atoms with Gasteiger partial charge in [0.05, 0.1) is 25.0 Å². The van der Waals surface area contributed by atoms with Crippen LogP contribution in [0.1, 0.15) is 62.1 Å². The number of nitrogens with one attached hydrogen (secondary N) is 1. The molecule has 2 aromatic carbocycles. The van der Waals surface area contributed by atoms with Gasteiger partial charge in [-0.2, -0.15) is 0 Å². The molecule has 2 saturated carbocycles. The van der Waals surface area contributed by atoms with Crippen molar-refractivity contribution in [1.29, 1.82) is 0 Å². The van der Waals surface area contributed by atoms with E-state index in [2.05, 4.69) is 23.2 Å². The lowest BCUT2D eigenvalue weighted by Crippen LogP contribution is -2.43. The summed E-state index contributed by atoms with van der Waals surface area (Å²) in [7, 11) is 0. The number of ether oxygens (including phenoxy) is 2. The third-order valence-corrected chi connectivity index (χ3v) is 8.32. The Kier molecular flexibility index (Phi) is 6.79. The lowest BCUT2D eigenvalue weighted by atomic mass is 9.56. The van der Waals surface area contributed by atoms with Crippen molar-refractivity contribution < 1.29 is 37.7 Å². The molecule has 2 fully saturated rings. The molecule has 2 aromatic rings. The molecule has 0 radical (unpaired) electrons. The number of aromatic hydroxyl groups is 1. The van der Waals surface area contributed by atoms with Crippen LogP contribution >= 0.6 is 0 Å². The quantitative estimate of drug-likeness (QED) is 0.388. The SMILES string of the molecule is CCOc1cc2c(cc1O)C(NOCc1cccc(OC(F)(F)F)c1)=C[C@@H]1[C@@H]2CC[C@]2(C)[C@H](O)CC[C@@H]12. The first kappa shape index (κ1) is 25.7. The summed E-state index contributed by atoms with van der Waals surface area (Å²) < 4.78 is 47.4. The van der Waals surface area contributed by atoms with Crippen LogP contribution in [-0.2, 0) is 11.4 Å². The van der Waals surface area contributed by atoms with Crippen LogP contribution in [0.15, 0.2) is 42.5 Å². The van der Waals surface area contributed by atoms with E-state index < -0.39 is 6.36 Å². The van der Waals surface area contributed by atoms with Crippen molar-refractivity contribution in [3.8, 4) is 17.2 Å². The summed E-state index contributed by atoms with van der Waals surface area (Å²) in [5, 5.41) is 21.4. The Morgan fingerprint density at radius 3 is 2.70 bits per heavy atom. The highest BCUT2D eigenvalue weighted by Gasteiger charge is 2.54. The van der Waals surface area contributed by atoms with Crippen LogP contribution in [0, 0.1) is 17.3 Å². The third kappa shape index (κ3) is 4.99. The number of phenols is 1. The molecule has 3 N–H and O–H groups in total. The van der Waals surface area contributed by atoms with Crippen molar-refractivity contribution in [2.24, 2.45) is 17.3 Å². The zero-order chi connectivity index (χ0) is 26.4. The van der Waals surface area contributed by atoms with Crippen LogP contribution in [0.4, 0.5) is 13.2 Å². The van der Waals surface area contributed by atoms with E-state index in [1.165, 1.54) is 18.2 Å². The number of phenolic OH excluding ortho intramolecular Hbond substituents is 1. The number of hydrogen-bond acceptors (Lipinski definition) is 6. The van der Waals surface area contributed by atoms with Crippen molar-refractivity contribution in [2.75, 3.05) is 6.61 Å². The number of benzene rings is 2. The molecule has 0 spiro atoms. The molecule has 3 aliphatic rings. The number of aliphatic hydroxyl groups excluding tert-OH is 1. The van der Waals surface area contributed by atoms with Gasteiger partial charge >= 0.3 is 6.36 Å². The maximum Gasteiger partial charge on any atom is 0.573 e. The van der Waals surface area contributed by atoms with Crippen molar-refractivity contribution >= 4 is 5.70 Å². The average Bonchev–Trinajstić information content (AvgIpc) is 3.14. The van der Waals surface area contributed by atoms with E-state index >= 15 is 0 Å². The van der Waals surface area contributed by atoms with Gasteiger partial charge in [-0.05, 0) is 91.2 Å². The second-order valence-electron chi connectivity index (χ2n) is 10.4. The third-order valence-electron chi connectivity index (χ3n) is 8.32. The largest absolute Gasteiger partial charge is 0.573 e. The lowest BCUT2D eigenvalue weighted by molar-refractivity contribution is -0.274. The highest BCUT2D eigenvalue weighted by Crippen LogP contribution is 2.61. The van der Waals surface area contributed by atoms with E-state index in [1.807, 2.05) is 13.0 Å². The molecule has 5 atom stereocenters. The Balaban J connectivity index is 1.41. The molecule has 6 nitrogen and oxygen atoms in total. The van der Waals surface area contributed by atoms with Gasteiger partial charge in [0.2, 0.25) is 0 Å². The first-order chi connectivity index (χ1) is 17.6. The van der Waals surface area contributed by atoms with Gasteiger partial charge < -0.3 is 19.7 Å². The Labute approximate surface area is 214 Å². The molecule has 200 valence electrons. The number of allylic oxidation sites excluding steroid dienone is 1. The highest BCUT2D eigenvalue weighted by atomic mass is 19.4. The predicted octanol–water partition coefficient (Wildman–Crippen LogP) is 6.04. The van der Waals surface area contributed by atoms with E-state index in [4.69, 9.17) is 9.57 Å². The number of hydroxylamine groups is 1. The van der Waals surface area contributed by atoms with E-state index in [9.17, 15) is 23.4 Å². The molecule has 9 heteroatoms. The summed E-state index contributed by atoms with van der Waals surface area (Å²) in [6, 6.07) is 9.22. The van der Waals surface area contributed by atoms with E-state index in [0.717, 1.165) is 36.8 Å². The maximum absolute atomic E-state index is 12.6. The molecule has 37 heavy (non-hydrogen) atoms. The Morgan fingerprint density at radius 1 is 1.14 bits per heavy atom. The number of fused-ring (bicyclic) bond motifs is 5. The minimum Gasteiger partial charge on any atom is -0.504 e. The van der Waals surface area contributed by atoms with Crippen LogP contribution in [0.25, 0.3) is 5.70 Å². The van der Waals surface area contributed by atoms with E-state index in [0.29, 0.717) is 29.5 Å². The Bertz CT molecular complexity index is 1180. The maximum atomic E-state index is 12.6. The molecule has 3 aliphatic carbocycles. The first-order valence-electron chi connectivity index (χ1n) is 12.7. The van der Waals surface area contributed by atoms with Crippen molar-refractivity contribution in [3.63, 3.8) is 0 Å². The molecule has 0 heterocycles. The van der Waals surface area contributed by atoms with Crippen LogP contribution in [0.2, 0.25) is 0 Å². The van der Waals surface area contributed by atoms with Gasteiger partial charge in [-0.1, -0.05) is 25.1 Å². The van der Waals surface area contributed by atoms with E-state index in [-0.39, 0.29) is 41.5 Å². The second kappa shape index (κ2) is 9.76. The van der Waals surface area contributed by atoms with E-state index in [1.54, 1.807) is 12.1 Å². The van der Waals surface area contributed by atoms with Gasteiger partial charge in [-0.15, -0.1) is 13.2 Å². The second-order valence-corrected chi connectivity index (χ2v) is 10.4. The summed E-state index contributed by atoms with van der Waals surface area (Å²) in [4.78, 5) is 5.74. The molecule has 0 unspecified atom stereocenters. The van der Waals surface area contributed by atoms with Gasteiger partial charge in [-0.25, -0.2) is 0 Å². The minimum absolute atomic E-state index is 0.00129. The fraction of sp³-hybridized carbons (Fsp3) is 0.500. The number of hydrogen-bond donors (Lipinski definition) is 3. The fourth-order valence-corrected chi connectivity index (χ4v) is 6.56. The predicted molar refractivity (Wildman–Crippen MR) is 131 cm³/mol. The fourth-order valence-electron chi connectivity index (χ4n) is 6.56. The smallest absolute Gasteiger partial charge is 0.504 e. The first-order valence-corrected chi connectivity index (χ1v) is 12.7. The molecule has 5 rings (SSSR count). The monoisotopic (exact) mass is 519 g/mol. The van der Waals surface area contributed by atoms with Gasteiger partial charge in [0, 0.05) is 5.56 Å². The Morgan fingerprint density at radius 2 is 1.95 bits per heavy atom. The summed E-state index contributed by atoms with van der Waals surface area (Å²) >= 11 is 0. The highest BCUT2D eigenvalue weighted by molar-refractivity contribution is 5.72. The number of alkyl halides is 3. The van der Waals surface area contributed by atoms with Crippen LogP contribution in [0.3, 0.4) is 0 Å². The molecule has 0 saturated heterocycles. The number of halogens is 3. The minimum atomic E-state index is -4.77. The summed E-state index contributed by atoms with van der Waals surface area (Å²) in [6.45, 7) is 4.47. The average molecular weight is 520 g/mol. The topological polar surface area (TPSA) is 80.2 Å². The normalized spacial score (nSPS) is 28.5. The van der Waals surface area contributed by atoms with Crippen molar-refractivity contribution in [1.82, 2.24) is 5.48 Å². The lowest BCUT2D eigenvalue weighted by Gasteiger charge is -2.49. The van der Waals surface area contributed by atoms with Crippen molar-refractivity contribution in [2.45, 2.75) is 64.5 Å². The van der Waals surface area contributed by atoms with Crippen LogP contribution in [-0.4, -0.2) is 29.3 Å². The zero-order valence-electron chi connectivity index (χ0n) is 20.8. The molecular weight excluding hydrogens is 487 g/mol. The number of aliphatic hydroxyl groups is 1. The standard InChI is InChI=1S/C28H32F3NO5/c1-3-35-25-14-19-18-9-10-27(2)22(7-8-26(27)34)20(18)12-23(21(19)13-24(25)33)32-36-15-16-5-4-6-17(11-16)37-28(29,30)31/h4-6,11-14,18,20,22,26,32-34H,3,7-10,15H2,1-2H3/t18-,20-,22+,26-,27+/m1/s1. The number of rotatable bonds is 7. The summed E-state index contributed by atoms with van der Waals surface area (Å²) in [6.07, 6.45) is 0.585. The van der Waals surface area contributed by atoms with Crippen LogP contribution in [0.5, 0.6) is 17.2 Å². The van der Waals surface area contributed by atoms with Crippen LogP contribution < -0.4 is 15.0 Å².